The van der Waals surface area contributed by atoms with Crippen molar-refractivity contribution >= 4 is 11.0 Å². The summed E-state index contributed by atoms with van der Waals surface area (Å²) in [6, 6.07) is 4.07. The Labute approximate surface area is 73.4 Å². The van der Waals surface area contributed by atoms with Crippen molar-refractivity contribution in [3.05, 3.63) is 40.8 Å². The van der Waals surface area contributed by atoms with Crippen LogP contribution in [0.15, 0.2) is 24.4 Å². The highest BCUT2D eigenvalue weighted by atomic mass is 19.1. The van der Waals surface area contributed by atoms with E-state index in [4.69, 9.17) is 0 Å². The van der Waals surface area contributed by atoms with Crippen molar-refractivity contribution < 1.29 is 8.82 Å². The summed E-state index contributed by atoms with van der Waals surface area (Å²) in [5.74, 6) is -0.408. The van der Waals surface area contributed by atoms with Gasteiger partial charge in [0.25, 0.3) is 5.52 Å². The molecule has 0 unspecified atom stereocenters. The lowest BCUT2D eigenvalue weighted by Crippen LogP contribution is -2.16. The maximum Gasteiger partial charge on any atom is 0.289 e. The number of nitrogens with one attached hydrogen (secondary N) is 1. The minimum atomic E-state index is -0.408. The summed E-state index contributed by atoms with van der Waals surface area (Å²) >= 11 is 0. The Balaban J connectivity index is 2.95. The molecule has 0 aliphatic carbocycles. The summed E-state index contributed by atoms with van der Waals surface area (Å²) in [5.41, 5.74) is 1.69. The number of rotatable bonds is 0. The first kappa shape index (κ1) is 7.91. The van der Waals surface area contributed by atoms with Gasteiger partial charge in [-0.3, -0.25) is 0 Å². The lowest BCUT2D eigenvalue weighted by molar-refractivity contribution is -0.465. The second-order valence-electron chi connectivity index (χ2n) is 2.92. The Bertz CT molecular complexity index is 518. The first-order valence-electron chi connectivity index (χ1n) is 3.88. The monoisotopic (exact) mass is 179 g/mol. The molecular formula is C9H8FN2O+. The van der Waals surface area contributed by atoms with E-state index in [-0.39, 0.29) is 0 Å². The van der Waals surface area contributed by atoms with E-state index in [9.17, 15) is 9.30 Å². The van der Waals surface area contributed by atoms with Gasteiger partial charge in [-0.1, -0.05) is 0 Å². The first-order valence-corrected chi connectivity index (χ1v) is 3.88. The Kier molecular flexibility index (Phi) is 1.62. The van der Waals surface area contributed by atoms with Crippen molar-refractivity contribution in [1.29, 1.82) is 0 Å². The summed E-state index contributed by atoms with van der Waals surface area (Å²) in [5, 5.41) is 0. The van der Waals surface area contributed by atoms with E-state index in [0.29, 0.717) is 15.5 Å². The van der Waals surface area contributed by atoms with Crippen LogP contribution in [0.2, 0.25) is 0 Å². The zero-order chi connectivity index (χ0) is 9.42. The molecule has 0 spiro atoms. The van der Waals surface area contributed by atoms with E-state index in [0.717, 1.165) is 5.69 Å². The zero-order valence-electron chi connectivity index (χ0n) is 7.04. The maximum absolute atomic E-state index is 12.8. The van der Waals surface area contributed by atoms with Crippen LogP contribution in [0, 0.1) is 17.6 Å². The summed E-state index contributed by atoms with van der Waals surface area (Å²) in [6.07, 6.45) is 1.38. The van der Waals surface area contributed by atoms with Gasteiger partial charge in [-0.15, -0.1) is 0 Å². The molecule has 0 bridgehead atoms. The topological polar surface area (TPSA) is 38.8 Å². The molecule has 0 amide bonds. The van der Waals surface area contributed by atoms with E-state index in [1.807, 2.05) is 0 Å². The number of aromatic nitrogens is 2. The molecule has 0 saturated heterocycles. The molecule has 0 atom stereocenters. The SMILES string of the molecule is Cc1c[n+](=O)c2cc(F)ccc2[nH]1. The summed E-state index contributed by atoms with van der Waals surface area (Å²) in [4.78, 5) is 14.3. The van der Waals surface area contributed by atoms with Crippen molar-refractivity contribution in [2.45, 2.75) is 6.92 Å². The number of nitrogens with zero attached hydrogens (tertiary/aromatic N) is 1. The van der Waals surface area contributed by atoms with E-state index in [1.165, 1.54) is 18.3 Å². The number of hydrogen-bond acceptors (Lipinski definition) is 1. The van der Waals surface area contributed by atoms with Crippen molar-refractivity contribution in [3.8, 4) is 0 Å². The van der Waals surface area contributed by atoms with Gasteiger partial charge < -0.3 is 4.98 Å². The summed E-state index contributed by atoms with van der Waals surface area (Å²) in [7, 11) is 0. The minimum absolute atomic E-state index is 0.311. The molecule has 0 fully saturated rings. The molecule has 2 rings (SSSR count). The highest BCUT2D eigenvalue weighted by Crippen LogP contribution is 2.08. The van der Waals surface area contributed by atoms with Crippen LogP contribution >= 0.6 is 0 Å². The van der Waals surface area contributed by atoms with Gasteiger partial charge in [-0.25, -0.2) is 4.39 Å². The molecule has 0 aliphatic rings. The molecule has 3 nitrogen and oxygen atoms in total. The van der Waals surface area contributed by atoms with E-state index in [1.54, 1.807) is 13.0 Å². The average Bonchev–Trinajstić information content (AvgIpc) is 2.06. The van der Waals surface area contributed by atoms with Crippen LogP contribution in [0.25, 0.3) is 11.0 Å². The fourth-order valence-corrected chi connectivity index (χ4v) is 1.28. The van der Waals surface area contributed by atoms with Crippen molar-refractivity contribution in [3.63, 3.8) is 0 Å². The van der Waals surface area contributed by atoms with Gasteiger partial charge in [0.2, 0.25) is 6.20 Å². The van der Waals surface area contributed by atoms with Crippen LogP contribution in [0.3, 0.4) is 0 Å². The third kappa shape index (κ3) is 1.30. The lowest BCUT2D eigenvalue weighted by Gasteiger charge is -1.92. The molecule has 0 aliphatic heterocycles. The molecule has 4 heteroatoms. The second kappa shape index (κ2) is 2.65. The lowest BCUT2D eigenvalue weighted by atomic mass is 10.3. The van der Waals surface area contributed by atoms with Gasteiger partial charge in [0.1, 0.15) is 11.3 Å². The molecule has 2 aromatic rings. The second-order valence-corrected chi connectivity index (χ2v) is 2.92. The van der Waals surface area contributed by atoms with Crippen molar-refractivity contribution in [2.75, 3.05) is 0 Å². The summed E-state index contributed by atoms with van der Waals surface area (Å²) < 4.78 is 13.4. The fourth-order valence-electron chi connectivity index (χ4n) is 1.28. The standard InChI is InChI=1S/C9H8FN2O/c1-6-5-12(13)9-4-7(10)2-3-8(9)11-6/h2-5H,1H3,(H,11,13)/q+1. The zero-order valence-corrected chi connectivity index (χ0v) is 7.04. The van der Waals surface area contributed by atoms with Gasteiger partial charge in [-0.05, 0) is 19.1 Å². The molecule has 1 aromatic heterocycles. The van der Waals surface area contributed by atoms with E-state index >= 15 is 0 Å². The average molecular weight is 179 g/mol. The molecule has 0 radical (unpaired) electrons. The number of hydrogen-bond donors (Lipinski definition) is 1. The highest BCUT2D eigenvalue weighted by Gasteiger charge is 2.08. The summed E-state index contributed by atoms with van der Waals surface area (Å²) in [6.45, 7) is 1.77. The Morgan fingerprint density at radius 2 is 2.23 bits per heavy atom. The van der Waals surface area contributed by atoms with Crippen LogP contribution in [0.1, 0.15) is 5.69 Å². The molecular weight excluding hydrogens is 171 g/mol. The normalized spacial score (nSPS) is 10.6. The quantitative estimate of drug-likeness (QED) is 0.612. The predicted octanol–water partition coefficient (Wildman–Crippen LogP) is 1.53. The van der Waals surface area contributed by atoms with Crippen LogP contribution in [0.4, 0.5) is 4.39 Å². The van der Waals surface area contributed by atoms with E-state index in [2.05, 4.69) is 4.98 Å². The Hall–Kier alpha value is -1.71. The van der Waals surface area contributed by atoms with E-state index < -0.39 is 5.82 Å². The van der Waals surface area contributed by atoms with Gasteiger partial charge in [0.05, 0.1) is 16.2 Å². The van der Waals surface area contributed by atoms with Crippen molar-refractivity contribution in [2.24, 2.45) is 0 Å². The third-order valence-electron chi connectivity index (χ3n) is 1.84. The fraction of sp³-hybridized carbons (Fsp3) is 0.111. The van der Waals surface area contributed by atoms with Crippen molar-refractivity contribution in [1.82, 2.24) is 4.98 Å². The van der Waals surface area contributed by atoms with Gasteiger partial charge >= 0.3 is 0 Å². The smallest absolute Gasteiger partial charge is 0.289 e. The van der Waals surface area contributed by atoms with Gasteiger partial charge in [0.15, 0.2) is 0 Å². The number of halogens is 1. The molecule has 1 heterocycles. The van der Waals surface area contributed by atoms with Crippen LogP contribution < -0.4 is 4.43 Å². The Morgan fingerprint density at radius 1 is 1.46 bits per heavy atom. The Morgan fingerprint density at radius 3 is 3.00 bits per heavy atom. The number of aryl methyl sites for hydroxylation is 1. The largest absolute Gasteiger partial charge is 0.349 e. The minimum Gasteiger partial charge on any atom is -0.349 e. The first-order chi connectivity index (χ1) is 6.16. The number of aromatic amines is 1. The van der Waals surface area contributed by atoms with Crippen LogP contribution in [0.5, 0.6) is 0 Å². The molecule has 66 valence electrons. The predicted molar refractivity (Wildman–Crippen MR) is 46.4 cm³/mol. The van der Waals surface area contributed by atoms with Gasteiger partial charge in [0, 0.05) is 4.91 Å². The highest BCUT2D eigenvalue weighted by molar-refractivity contribution is 5.70. The van der Waals surface area contributed by atoms with Gasteiger partial charge in [-0.2, -0.15) is 0 Å². The maximum atomic E-state index is 12.8. The molecule has 13 heavy (non-hydrogen) atoms. The number of fused-ring (bicyclic) bond motifs is 1. The molecule has 1 N–H and O–H groups in total. The third-order valence-corrected chi connectivity index (χ3v) is 1.84. The molecule has 1 aromatic carbocycles. The van der Waals surface area contributed by atoms with Crippen LogP contribution in [-0.2, 0) is 0 Å². The number of benzene rings is 1. The number of H-pyrrole nitrogens is 1. The van der Waals surface area contributed by atoms with Crippen LogP contribution in [-0.4, -0.2) is 4.98 Å². The molecule has 0 saturated carbocycles.